The zero-order valence-corrected chi connectivity index (χ0v) is 59.5. The van der Waals surface area contributed by atoms with Gasteiger partial charge in [0.1, 0.15) is 82.0 Å². The second-order valence-electron chi connectivity index (χ2n) is 26.1. The molecular weight excluding hydrogens is 1370 g/mol. The number of amides is 3. The largest absolute Gasteiger partial charge is 0.496 e. The normalized spacial score (nSPS) is 13.2. The molecule has 1 aliphatic rings. The van der Waals surface area contributed by atoms with Crippen LogP contribution in [-0.4, -0.2) is 109 Å². The van der Waals surface area contributed by atoms with Crippen LogP contribution < -0.4 is 47.4 Å². The van der Waals surface area contributed by atoms with Crippen LogP contribution >= 0.6 is 0 Å². The van der Waals surface area contributed by atoms with Crippen LogP contribution in [0.3, 0.4) is 0 Å². The van der Waals surface area contributed by atoms with Crippen molar-refractivity contribution in [3.8, 4) is 109 Å². The maximum absolute atomic E-state index is 14.4. The smallest absolute Gasteiger partial charge is 0.322 e. The summed E-state index contributed by atoms with van der Waals surface area (Å²) in [6.07, 6.45) is 19.9. The molecule has 1 saturated carbocycles. The molecule has 15 rings (SSSR count). The molecule has 10 aromatic heterocycles. The van der Waals surface area contributed by atoms with Gasteiger partial charge in [-0.05, 0) is 146 Å². The van der Waals surface area contributed by atoms with Crippen LogP contribution in [0.15, 0.2) is 178 Å². The highest BCUT2D eigenvalue weighted by Crippen LogP contribution is 2.48. The van der Waals surface area contributed by atoms with E-state index in [1.165, 1.54) is 32.2 Å². The number of aromatic nitrogens is 16. The summed E-state index contributed by atoms with van der Waals surface area (Å²) < 4.78 is 25.9. The Morgan fingerprint density at radius 1 is 0.639 bits per heavy atom. The van der Waals surface area contributed by atoms with Crippen LogP contribution in [0.2, 0.25) is 0 Å². The molecule has 0 aliphatic heterocycles. The number of terminal acetylenes is 1. The maximum atomic E-state index is 14.4. The molecule has 0 spiro atoms. The molecule has 0 bridgehead atoms. The Bertz CT molecular complexity index is 6010. The standard InChI is InChI=1S/C80H70N22O6/c1-10-50-32-43(4)57(36-86-50)68-61(66-73(83)89-41-92-76(66)102(68)38-45-33-53(34-45)96-78(105)56-27-19-49(35-59(56)106-9)63-65-72(82)88-39-90-74(65)99(6)67(63)48-13-21-51(22-14-48)95-60(103)11-2)46-15-23-55(24-16-46)108-80-85-31-29-52(97-80)20-12-42(3)77(104)98-58-37-93-101(8)69(58)70-62(64-71(81)87-40-91-75(64)100(70)7)47-17-25-54(26-18-47)107-79-84-30-28-44(5)94-79/h1,11,13-19,21-32,35-37,39-41,45,53H,2-3,12,20,33-34,38H2,4-9H3,(H,95,103)(H,96,105)(H,98,104)(H2,81,87,91)(H2,82,88,90)(H2,83,89,92). The number of hydrogen-bond donors (Lipinski definition) is 6. The number of fused-ring (bicyclic) bond motifs is 3. The van der Waals surface area contributed by atoms with Crippen LogP contribution in [0.25, 0.3) is 100 Å². The van der Waals surface area contributed by atoms with Gasteiger partial charge in [-0.2, -0.15) is 10.1 Å². The first-order valence-corrected chi connectivity index (χ1v) is 34.3. The van der Waals surface area contributed by atoms with Gasteiger partial charge in [-0.3, -0.25) is 19.1 Å². The van der Waals surface area contributed by atoms with Crippen LogP contribution in [0.1, 0.15) is 52.3 Å². The molecule has 28 heteroatoms. The summed E-state index contributed by atoms with van der Waals surface area (Å²) in [7, 11) is 7.08. The van der Waals surface area contributed by atoms with E-state index in [1.54, 1.807) is 66.8 Å². The summed E-state index contributed by atoms with van der Waals surface area (Å²) in [5, 5.41) is 15.6. The van der Waals surface area contributed by atoms with Gasteiger partial charge >= 0.3 is 12.0 Å². The van der Waals surface area contributed by atoms with Gasteiger partial charge in [0.15, 0.2) is 0 Å². The molecule has 108 heavy (non-hydrogen) atoms. The number of rotatable bonds is 22. The Morgan fingerprint density at radius 2 is 1.21 bits per heavy atom. The molecule has 0 unspecified atom stereocenters. The molecule has 1 fully saturated rings. The van der Waals surface area contributed by atoms with Crippen molar-refractivity contribution in [2.24, 2.45) is 27.1 Å². The third kappa shape index (κ3) is 13.1. The van der Waals surface area contributed by atoms with E-state index in [0.29, 0.717) is 121 Å². The van der Waals surface area contributed by atoms with Crippen molar-refractivity contribution >= 4 is 79.7 Å². The number of carbonyl (C=O) groups is 3. The molecule has 3 amide bonds. The number of hydrogen-bond acceptors (Lipinski definition) is 21. The first-order chi connectivity index (χ1) is 52.3. The third-order valence-electron chi connectivity index (χ3n) is 19.3. The quantitative estimate of drug-likeness (QED) is 0.0271. The topological polar surface area (TPSA) is 367 Å². The number of carbonyl (C=O) groups excluding carboxylic acids is 3. The second-order valence-corrected chi connectivity index (χ2v) is 26.1. The lowest BCUT2D eigenvalue weighted by Gasteiger charge is -2.36. The predicted octanol–water partition coefficient (Wildman–Crippen LogP) is 12.1. The molecule has 14 aromatic rings. The van der Waals surface area contributed by atoms with Crippen molar-refractivity contribution in [3.63, 3.8) is 0 Å². The zero-order valence-electron chi connectivity index (χ0n) is 59.5. The molecule has 10 heterocycles. The first kappa shape index (κ1) is 69.2. The van der Waals surface area contributed by atoms with Crippen molar-refractivity contribution in [2.75, 3.05) is 34.9 Å². The number of aryl methyl sites for hydroxylation is 6. The van der Waals surface area contributed by atoms with Gasteiger partial charge in [0.2, 0.25) is 5.91 Å². The van der Waals surface area contributed by atoms with E-state index >= 15 is 0 Å². The second kappa shape index (κ2) is 28.6. The summed E-state index contributed by atoms with van der Waals surface area (Å²) in [5.74, 6) is 3.89. The van der Waals surface area contributed by atoms with Crippen molar-refractivity contribution in [3.05, 3.63) is 206 Å². The Labute approximate surface area is 617 Å². The van der Waals surface area contributed by atoms with Gasteiger partial charge in [-0.1, -0.05) is 61.5 Å². The zero-order chi connectivity index (χ0) is 75.2. The molecule has 1 aliphatic carbocycles. The average molecular weight is 1440 g/mol. The SMILES string of the molecule is C#Cc1cc(C)c(-c2c(-c3ccc(Oc4nccc(CCC(=C)C(=O)Nc5cnn(C)c5-c5c(-c6ccc(Oc7nccc(C)n7)cc6)c6c(N)ncnc6n5C)n4)cc3)c3c(N)ncnc3n2CC2CC(NC(=O)c3ccc(-c4c(-c5ccc(NC(=O)C=C)cc5)n(C)c5ncnc(N)c45)cc3OC)C2)cn1. The molecule has 28 nitrogen and oxygen atoms in total. The van der Waals surface area contributed by atoms with E-state index in [0.717, 1.165) is 67.2 Å². The van der Waals surface area contributed by atoms with Gasteiger partial charge < -0.3 is 61.1 Å². The van der Waals surface area contributed by atoms with E-state index in [-0.39, 0.29) is 59.7 Å². The van der Waals surface area contributed by atoms with E-state index < -0.39 is 5.91 Å². The average Bonchev–Trinajstić information content (AvgIpc) is 1.59. The van der Waals surface area contributed by atoms with Gasteiger partial charge in [-0.25, -0.2) is 49.8 Å². The van der Waals surface area contributed by atoms with Gasteiger partial charge in [0.05, 0.1) is 57.8 Å². The van der Waals surface area contributed by atoms with Crippen molar-refractivity contribution in [2.45, 2.75) is 52.1 Å². The monoisotopic (exact) mass is 1430 g/mol. The summed E-state index contributed by atoms with van der Waals surface area (Å²) in [4.78, 5) is 90.3. The van der Waals surface area contributed by atoms with E-state index in [1.807, 2.05) is 116 Å². The van der Waals surface area contributed by atoms with Gasteiger partial charge in [-0.15, -0.1) is 6.42 Å². The number of pyridine rings is 1. The minimum atomic E-state index is -0.415. The minimum Gasteiger partial charge on any atom is -0.496 e. The highest BCUT2D eigenvalue weighted by Gasteiger charge is 2.35. The Kier molecular flexibility index (Phi) is 18.4. The molecule has 0 atom stereocenters. The summed E-state index contributed by atoms with van der Waals surface area (Å²) in [6.45, 7) is 12.1. The highest BCUT2D eigenvalue weighted by atomic mass is 16.5. The van der Waals surface area contributed by atoms with Crippen LogP contribution in [0.5, 0.6) is 29.3 Å². The van der Waals surface area contributed by atoms with Crippen molar-refractivity contribution < 1.29 is 28.6 Å². The summed E-state index contributed by atoms with van der Waals surface area (Å²) in [5.41, 5.74) is 35.3. The Morgan fingerprint density at radius 3 is 1.82 bits per heavy atom. The number of anilines is 5. The lowest BCUT2D eigenvalue weighted by atomic mass is 9.80. The number of nitrogens with two attached hydrogens (primary N) is 3. The Hall–Kier alpha value is -14.5. The molecule has 0 radical (unpaired) electrons. The molecule has 536 valence electrons. The fourth-order valence-corrected chi connectivity index (χ4v) is 14.0. The number of nitrogens with zero attached hydrogens (tertiary/aromatic N) is 16. The van der Waals surface area contributed by atoms with Gasteiger partial charge in [0, 0.05) is 97.2 Å². The molecule has 9 N–H and O–H groups in total. The lowest BCUT2D eigenvalue weighted by molar-refractivity contribution is -0.113. The fraction of sp³-hybridized carbons (Fsp3) is 0.163. The number of nitrogens with one attached hydrogen (secondary N) is 3. The van der Waals surface area contributed by atoms with Crippen molar-refractivity contribution in [1.82, 2.24) is 83.6 Å². The van der Waals surface area contributed by atoms with E-state index in [4.69, 9.17) is 47.8 Å². The molecular formula is C80H70N22O6. The van der Waals surface area contributed by atoms with E-state index in [9.17, 15) is 14.4 Å². The minimum absolute atomic E-state index is 0.0932. The lowest BCUT2D eigenvalue weighted by Crippen LogP contribution is -2.45. The first-order valence-electron chi connectivity index (χ1n) is 34.3. The van der Waals surface area contributed by atoms with E-state index in [2.05, 4.69) is 89.6 Å². The summed E-state index contributed by atoms with van der Waals surface area (Å²) >= 11 is 0. The van der Waals surface area contributed by atoms with Crippen LogP contribution in [0, 0.1) is 32.1 Å². The highest BCUT2D eigenvalue weighted by molar-refractivity contribution is 6.12. The van der Waals surface area contributed by atoms with Crippen LogP contribution in [0.4, 0.5) is 28.8 Å². The van der Waals surface area contributed by atoms with Crippen LogP contribution in [-0.2, 0) is 43.7 Å². The number of nitrogen functional groups attached to an aromatic ring is 3. The van der Waals surface area contributed by atoms with Gasteiger partial charge in [0.25, 0.3) is 11.8 Å². The number of benzene rings is 4. The Balaban J connectivity index is 0.634. The maximum Gasteiger partial charge on any atom is 0.322 e. The fourth-order valence-electron chi connectivity index (χ4n) is 14.0. The third-order valence-corrected chi connectivity index (χ3v) is 19.3. The number of methoxy groups -OCH3 is 1. The van der Waals surface area contributed by atoms with Crippen molar-refractivity contribution in [1.29, 1.82) is 0 Å². The molecule has 0 saturated heterocycles. The summed E-state index contributed by atoms with van der Waals surface area (Å²) in [6, 6.07) is 33.3. The molecule has 4 aromatic carbocycles. The predicted molar refractivity (Wildman–Crippen MR) is 412 cm³/mol. The number of ether oxygens (including phenoxy) is 3.